The van der Waals surface area contributed by atoms with Crippen LogP contribution in [0.5, 0.6) is 0 Å². The predicted molar refractivity (Wildman–Crippen MR) is 160 cm³/mol. The number of rotatable bonds is 15. The minimum Gasteiger partial charge on any atom is -0.459 e. The van der Waals surface area contributed by atoms with Crippen molar-refractivity contribution in [1.29, 1.82) is 0 Å². The fourth-order valence-corrected chi connectivity index (χ4v) is 4.52. The average molecular weight is 601 g/mol. The van der Waals surface area contributed by atoms with Crippen LogP contribution in [-0.2, 0) is 41.0 Å². The Morgan fingerprint density at radius 1 is 0.905 bits per heavy atom. The molecule has 0 saturated carbocycles. The number of nitrogens with two attached hydrogens (primary N) is 1. The van der Waals surface area contributed by atoms with Gasteiger partial charge in [-0.3, -0.25) is 14.4 Å². The van der Waals surface area contributed by atoms with Gasteiger partial charge < -0.3 is 31.2 Å². The predicted octanol–water partition coefficient (Wildman–Crippen LogP) is 2.73. The second-order valence-corrected chi connectivity index (χ2v) is 11.7. The molecule has 5 N–H and O–H groups in total. The Bertz CT molecular complexity index is 1200. The molecule has 0 aliphatic carbocycles. The lowest BCUT2D eigenvalue weighted by Gasteiger charge is -2.23. The number of hydrogen-bond acceptors (Lipinski definition) is 8. The van der Waals surface area contributed by atoms with Crippen LogP contribution >= 0.6 is 11.8 Å². The number of alkyl carbamates (subject to hydrolysis) is 1. The number of nitrogens with one attached hydrogen (secondary N) is 3. The van der Waals surface area contributed by atoms with Crippen molar-refractivity contribution in [2.75, 3.05) is 12.3 Å². The van der Waals surface area contributed by atoms with Gasteiger partial charge in [0.2, 0.25) is 17.7 Å². The summed E-state index contributed by atoms with van der Waals surface area (Å²) in [5.41, 5.74) is 7.40. The Balaban J connectivity index is 1.99. The first-order valence-electron chi connectivity index (χ1n) is 13.5. The first-order chi connectivity index (χ1) is 19.8. The van der Waals surface area contributed by atoms with Gasteiger partial charge in [0.05, 0.1) is 6.54 Å². The van der Waals surface area contributed by atoms with Crippen molar-refractivity contribution in [1.82, 2.24) is 16.0 Å². The zero-order chi connectivity index (χ0) is 31.1. The lowest BCUT2D eigenvalue weighted by atomic mass is 10.1. The molecule has 0 aromatic heterocycles. The van der Waals surface area contributed by atoms with Crippen LogP contribution in [0.15, 0.2) is 54.6 Å². The number of primary amides is 1. The zero-order valence-electron chi connectivity index (χ0n) is 24.4. The third-order valence-electron chi connectivity index (χ3n) is 5.63. The molecule has 0 spiro atoms. The standard InChI is InChI=1S/C30H40N4O7S/c1-20-10-12-22(13-11-20)18-42-19-24(28(38)40-17-21-8-6-5-7-9-21)33-26(36)16-32-27(37)23(14-15-25(31)35)34-29(39)41-30(2,3)4/h5-13,23-24H,14-19H2,1-4H3,(H2,31,35)(H,32,37)(H,33,36)(H,34,39)/t23-,24-/m0/s1. The van der Waals surface area contributed by atoms with Gasteiger partial charge in [-0.25, -0.2) is 9.59 Å². The number of esters is 1. The number of hydrogen-bond donors (Lipinski definition) is 4. The van der Waals surface area contributed by atoms with Crippen LogP contribution < -0.4 is 21.7 Å². The van der Waals surface area contributed by atoms with Gasteiger partial charge in [-0.05, 0) is 45.2 Å². The van der Waals surface area contributed by atoms with Gasteiger partial charge in [0.1, 0.15) is 24.3 Å². The van der Waals surface area contributed by atoms with Crippen molar-refractivity contribution >= 4 is 41.5 Å². The van der Waals surface area contributed by atoms with Gasteiger partial charge in [-0.15, -0.1) is 0 Å². The van der Waals surface area contributed by atoms with E-state index in [1.807, 2.05) is 61.5 Å². The van der Waals surface area contributed by atoms with Crippen LogP contribution in [0, 0.1) is 6.92 Å². The fraction of sp³-hybridized carbons (Fsp3) is 0.433. The summed E-state index contributed by atoms with van der Waals surface area (Å²) in [6, 6.07) is 15.0. The van der Waals surface area contributed by atoms with Crippen LogP contribution in [0.25, 0.3) is 0 Å². The highest BCUT2D eigenvalue weighted by Crippen LogP contribution is 2.15. The van der Waals surface area contributed by atoms with E-state index in [4.69, 9.17) is 15.2 Å². The molecule has 228 valence electrons. The molecule has 2 aromatic carbocycles. The Kier molecular flexibility index (Phi) is 13.8. The molecular weight excluding hydrogens is 560 g/mol. The van der Waals surface area contributed by atoms with E-state index in [2.05, 4.69) is 16.0 Å². The summed E-state index contributed by atoms with van der Waals surface area (Å²) in [4.78, 5) is 61.9. The SMILES string of the molecule is Cc1ccc(CSC[C@H](NC(=O)CNC(=O)[C@H](CCC(N)=O)NC(=O)OC(C)(C)C)C(=O)OCc2ccccc2)cc1. The molecule has 0 aliphatic heterocycles. The van der Waals surface area contributed by atoms with Crippen molar-refractivity contribution in [3.05, 3.63) is 71.3 Å². The monoisotopic (exact) mass is 600 g/mol. The lowest BCUT2D eigenvalue weighted by Crippen LogP contribution is -2.52. The molecule has 11 nitrogen and oxygen atoms in total. The topological polar surface area (TPSA) is 166 Å². The highest BCUT2D eigenvalue weighted by Gasteiger charge is 2.26. The van der Waals surface area contributed by atoms with E-state index in [0.29, 0.717) is 5.75 Å². The molecule has 0 fully saturated rings. The summed E-state index contributed by atoms with van der Waals surface area (Å²) in [6.45, 7) is 6.55. The van der Waals surface area contributed by atoms with Crippen LogP contribution in [0.2, 0.25) is 0 Å². The van der Waals surface area contributed by atoms with Crippen molar-refractivity contribution in [2.24, 2.45) is 5.73 Å². The Morgan fingerprint density at radius 2 is 1.57 bits per heavy atom. The molecule has 0 heterocycles. The molecule has 2 aromatic rings. The van der Waals surface area contributed by atoms with Crippen LogP contribution in [-0.4, -0.2) is 59.8 Å². The highest BCUT2D eigenvalue weighted by atomic mass is 32.2. The third-order valence-corrected chi connectivity index (χ3v) is 6.73. The Labute approximate surface area is 250 Å². The smallest absolute Gasteiger partial charge is 0.408 e. The molecule has 2 rings (SSSR count). The van der Waals surface area contributed by atoms with E-state index in [1.54, 1.807) is 20.8 Å². The number of aryl methyl sites for hydroxylation is 1. The van der Waals surface area contributed by atoms with E-state index in [0.717, 1.165) is 16.7 Å². The lowest BCUT2D eigenvalue weighted by molar-refractivity contribution is -0.148. The molecule has 0 aliphatic rings. The summed E-state index contributed by atoms with van der Waals surface area (Å²) < 4.78 is 10.6. The Morgan fingerprint density at radius 3 is 2.19 bits per heavy atom. The summed E-state index contributed by atoms with van der Waals surface area (Å²) in [5, 5.41) is 7.46. The van der Waals surface area contributed by atoms with Crippen LogP contribution in [0.3, 0.4) is 0 Å². The first kappa shape index (κ1) is 34.1. The molecule has 0 saturated heterocycles. The van der Waals surface area contributed by atoms with Gasteiger partial charge in [-0.2, -0.15) is 11.8 Å². The molecular formula is C30H40N4O7S. The summed E-state index contributed by atoms with van der Waals surface area (Å²) in [5.74, 6) is -1.76. The quantitative estimate of drug-likeness (QED) is 0.227. The molecule has 2 atom stereocenters. The second-order valence-electron chi connectivity index (χ2n) is 10.6. The molecule has 12 heteroatoms. The van der Waals surface area contributed by atoms with Crippen molar-refractivity contribution in [2.45, 2.75) is 70.6 Å². The van der Waals surface area contributed by atoms with Crippen molar-refractivity contribution in [3.63, 3.8) is 0 Å². The van der Waals surface area contributed by atoms with E-state index < -0.39 is 54.0 Å². The zero-order valence-corrected chi connectivity index (χ0v) is 25.3. The number of benzene rings is 2. The van der Waals surface area contributed by atoms with Crippen LogP contribution in [0.1, 0.15) is 50.3 Å². The van der Waals surface area contributed by atoms with Crippen molar-refractivity contribution < 1.29 is 33.4 Å². The first-order valence-corrected chi connectivity index (χ1v) is 14.7. The number of carbonyl (C=O) groups excluding carboxylic acids is 5. The van der Waals surface area contributed by atoms with Gasteiger partial charge in [-0.1, -0.05) is 60.2 Å². The van der Waals surface area contributed by atoms with Gasteiger partial charge in [0.15, 0.2) is 0 Å². The minimum atomic E-state index is -1.17. The molecule has 0 radical (unpaired) electrons. The largest absolute Gasteiger partial charge is 0.459 e. The molecule has 42 heavy (non-hydrogen) atoms. The van der Waals surface area contributed by atoms with Crippen LogP contribution in [0.4, 0.5) is 4.79 Å². The Hall–Kier alpha value is -4.06. The third kappa shape index (κ3) is 14.0. The number of thioether (sulfide) groups is 1. The van der Waals surface area contributed by atoms with Gasteiger partial charge in [0, 0.05) is 17.9 Å². The number of carbonyl (C=O) groups is 5. The molecule has 0 unspecified atom stereocenters. The highest BCUT2D eigenvalue weighted by molar-refractivity contribution is 7.98. The minimum absolute atomic E-state index is 0.0449. The fourth-order valence-electron chi connectivity index (χ4n) is 3.52. The molecule has 0 bridgehead atoms. The maximum Gasteiger partial charge on any atom is 0.408 e. The number of amides is 4. The van der Waals surface area contributed by atoms with Gasteiger partial charge in [0.25, 0.3) is 0 Å². The second kappa shape index (κ2) is 17.0. The average Bonchev–Trinajstić information content (AvgIpc) is 2.92. The maximum absolute atomic E-state index is 12.9. The van der Waals surface area contributed by atoms with E-state index in [9.17, 15) is 24.0 Å². The normalized spacial score (nSPS) is 12.4. The maximum atomic E-state index is 12.9. The van der Waals surface area contributed by atoms with E-state index in [1.165, 1.54) is 11.8 Å². The summed E-state index contributed by atoms with van der Waals surface area (Å²) in [6.07, 6.45) is -1.12. The summed E-state index contributed by atoms with van der Waals surface area (Å²) in [7, 11) is 0. The summed E-state index contributed by atoms with van der Waals surface area (Å²) >= 11 is 1.45. The number of ether oxygens (including phenoxy) is 2. The van der Waals surface area contributed by atoms with Crippen molar-refractivity contribution in [3.8, 4) is 0 Å². The van der Waals surface area contributed by atoms with Gasteiger partial charge >= 0.3 is 12.1 Å². The van der Waals surface area contributed by atoms with E-state index >= 15 is 0 Å². The van der Waals surface area contributed by atoms with E-state index in [-0.39, 0.29) is 25.2 Å². The molecule has 4 amide bonds.